The zero-order valence-corrected chi connectivity index (χ0v) is 4.78. The van der Waals surface area contributed by atoms with Crippen LogP contribution in [0, 0.1) is 17.8 Å². The van der Waals surface area contributed by atoms with Gasteiger partial charge in [0.1, 0.15) is 0 Å². The van der Waals surface area contributed by atoms with Crippen LogP contribution in [0.3, 0.4) is 0 Å². The van der Waals surface area contributed by atoms with Gasteiger partial charge in [0.2, 0.25) is 0 Å². The summed E-state index contributed by atoms with van der Waals surface area (Å²) in [5.41, 5.74) is 0. The molecule has 0 nitrogen and oxygen atoms in total. The van der Waals surface area contributed by atoms with E-state index in [4.69, 9.17) is 11.6 Å². The summed E-state index contributed by atoms with van der Waals surface area (Å²) in [6.07, 6.45) is 2.89. The lowest BCUT2D eigenvalue weighted by Crippen LogP contribution is -1.93. The van der Waals surface area contributed by atoms with Crippen molar-refractivity contribution in [3.63, 3.8) is 0 Å². The fraction of sp³-hybridized carbons (Fsp3) is 1.00. The molecule has 4 aliphatic carbocycles. The van der Waals surface area contributed by atoms with Crippen LogP contribution in [0.4, 0.5) is 0 Å². The van der Waals surface area contributed by atoms with E-state index in [1.807, 2.05) is 0 Å². The maximum absolute atomic E-state index is 6.08. The summed E-state index contributed by atoms with van der Waals surface area (Å²) in [6, 6.07) is 0. The van der Waals surface area contributed by atoms with Crippen LogP contribution in [0.1, 0.15) is 12.8 Å². The van der Waals surface area contributed by atoms with Gasteiger partial charge in [-0.25, -0.2) is 0 Å². The third-order valence-corrected chi connectivity index (χ3v) is 3.90. The molecule has 38 valence electrons. The van der Waals surface area contributed by atoms with Gasteiger partial charge in [0.05, 0.1) is 4.87 Å². The molecule has 0 spiro atoms. The molecule has 0 N–H and O–H groups in total. The average Bonchev–Trinajstić information content (AvgIpc) is 2.38. The van der Waals surface area contributed by atoms with Gasteiger partial charge in [-0.3, -0.25) is 0 Å². The Bertz CT molecular complexity index is 120. The van der Waals surface area contributed by atoms with Crippen molar-refractivity contribution < 1.29 is 0 Å². The molecule has 0 aromatic carbocycles. The van der Waals surface area contributed by atoms with E-state index in [0.717, 1.165) is 17.8 Å². The van der Waals surface area contributed by atoms with Crippen LogP contribution in [0.25, 0.3) is 0 Å². The van der Waals surface area contributed by atoms with Crippen LogP contribution in [-0.4, -0.2) is 4.87 Å². The molecule has 0 aromatic rings. The molecular formula is C6H7Cl. The van der Waals surface area contributed by atoms with Crippen molar-refractivity contribution in [2.45, 2.75) is 17.7 Å². The third kappa shape index (κ3) is 0.155. The molecule has 0 heterocycles. The van der Waals surface area contributed by atoms with E-state index in [1.54, 1.807) is 0 Å². The number of hydrogen-bond acceptors (Lipinski definition) is 0. The van der Waals surface area contributed by atoms with Crippen LogP contribution in [0.15, 0.2) is 0 Å². The molecule has 4 rings (SSSR count). The molecule has 0 radical (unpaired) electrons. The zero-order valence-electron chi connectivity index (χ0n) is 4.02. The van der Waals surface area contributed by atoms with Gasteiger partial charge in [0, 0.05) is 0 Å². The van der Waals surface area contributed by atoms with E-state index in [1.165, 1.54) is 12.8 Å². The summed E-state index contributed by atoms with van der Waals surface area (Å²) in [4.78, 5) is 0.417. The van der Waals surface area contributed by atoms with Gasteiger partial charge in [-0.2, -0.15) is 0 Å². The van der Waals surface area contributed by atoms with E-state index in [-0.39, 0.29) is 0 Å². The first-order valence-electron chi connectivity index (χ1n) is 3.04. The van der Waals surface area contributed by atoms with Crippen molar-refractivity contribution in [1.29, 1.82) is 0 Å². The lowest BCUT2D eigenvalue weighted by molar-refractivity contribution is 0.663. The molecule has 0 amide bonds. The fourth-order valence-electron chi connectivity index (χ4n) is 2.55. The quantitative estimate of drug-likeness (QED) is 0.420. The van der Waals surface area contributed by atoms with Crippen molar-refractivity contribution in [3.05, 3.63) is 0 Å². The number of alkyl halides is 1. The molecule has 0 saturated heterocycles. The highest BCUT2D eigenvalue weighted by Gasteiger charge is 2.88. The maximum Gasteiger partial charge on any atom is 0.0544 e. The first-order chi connectivity index (χ1) is 3.35. The molecule has 2 bridgehead atoms. The van der Waals surface area contributed by atoms with Gasteiger partial charge in [-0.05, 0) is 30.6 Å². The minimum Gasteiger partial charge on any atom is -0.118 e. The predicted molar refractivity (Wildman–Crippen MR) is 28.3 cm³/mol. The summed E-state index contributed by atoms with van der Waals surface area (Å²) in [5.74, 6) is 2.98. The summed E-state index contributed by atoms with van der Waals surface area (Å²) >= 11 is 6.08. The lowest BCUT2D eigenvalue weighted by Gasteiger charge is -1.92. The van der Waals surface area contributed by atoms with E-state index >= 15 is 0 Å². The molecule has 4 aliphatic rings. The summed E-state index contributed by atoms with van der Waals surface area (Å²) in [7, 11) is 0. The van der Waals surface area contributed by atoms with Gasteiger partial charge in [0.25, 0.3) is 0 Å². The van der Waals surface area contributed by atoms with Gasteiger partial charge in [0.15, 0.2) is 0 Å². The van der Waals surface area contributed by atoms with Crippen molar-refractivity contribution >= 4 is 11.6 Å². The Morgan fingerprint density at radius 1 is 1.29 bits per heavy atom. The molecule has 2 atom stereocenters. The summed E-state index contributed by atoms with van der Waals surface area (Å²) in [6.45, 7) is 0. The van der Waals surface area contributed by atoms with E-state index in [2.05, 4.69) is 0 Å². The van der Waals surface area contributed by atoms with Crippen LogP contribution >= 0.6 is 11.6 Å². The van der Waals surface area contributed by atoms with Crippen molar-refractivity contribution in [3.8, 4) is 0 Å². The van der Waals surface area contributed by atoms with E-state index < -0.39 is 0 Å². The Morgan fingerprint density at radius 3 is 1.86 bits per heavy atom. The topological polar surface area (TPSA) is 0 Å². The molecule has 0 aliphatic heterocycles. The monoisotopic (exact) mass is 114 g/mol. The van der Waals surface area contributed by atoms with Crippen molar-refractivity contribution in [2.75, 3.05) is 0 Å². The highest BCUT2D eigenvalue weighted by atomic mass is 35.5. The Morgan fingerprint density at radius 2 is 1.71 bits per heavy atom. The number of halogens is 1. The highest BCUT2D eigenvalue weighted by molar-refractivity contribution is 6.30. The van der Waals surface area contributed by atoms with Crippen LogP contribution in [0.2, 0.25) is 0 Å². The van der Waals surface area contributed by atoms with Gasteiger partial charge < -0.3 is 0 Å². The molecule has 2 unspecified atom stereocenters. The Kier molecular flexibility index (Phi) is 0.281. The molecular weight excluding hydrogens is 108 g/mol. The number of hydrogen-bond donors (Lipinski definition) is 0. The van der Waals surface area contributed by atoms with Crippen LogP contribution in [-0.2, 0) is 0 Å². The fourth-order valence-corrected chi connectivity index (χ4v) is 3.22. The van der Waals surface area contributed by atoms with Gasteiger partial charge in [-0.15, -0.1) is 11.6 Å². The minimum atomic E-state index is 0.417. The van der Waals surface area contributed by atoms with Crippen molar-refractivity contribution in [2.24, 2.45) is 17.8 Å². The normalized spacial score (nSPS) is 81.0. The SMILES string of the molecule is ClC12C3CCC1C32. The summed E-state index contributed by atoms with van der Waals surface area (Å²) < 4.78 is 0. The van der Waals surface area contributed by atoms with Gasteiger partial charge >= 0.3 is 0 Å². The second-order valence-corrected chi connectivity index (χ2v) is 3.80. The first kappa shape index (κ1) is 3.34. The second kappa shape index (κ2) is 0.589. The summed E-state index contributed by atoms with van der Waals surface area (Å²) in [5, 5.41) is 0. The first-order valence-corrected chi connectivity index (χ1v) is 3.42. The molecule has 0 aromatic heterocycles. The number of rotatable bonds is 0. The largest absolute Gasteiger partial charge is 0.118 e. The average molecular weight is 115 g/mol. The highest BCUT2D eigenvalue weighted by Crippen LogP contribution is 2.88. The van der Waals surface area contributed by atoms with E-state index in [0.29, 0.717) is 4.87 Å². The molecule has 1 heteroatoms. The Labute approximate surface area is 47.8 Å². The third-order valence-electron chi connectivity index (χ3n) is 3.08. The lowest BCUT2D eigenvalue weighted by atomic mass is 10.2. The number of fused-ring (bicyclic) bond motifs is 1. The van der Waals surface area contributed by atoms with Crippen LogP contribution in [0.5, 0.6) is 0 Å². The molecule has 7 heavy (non-hydrogen) atoms. The zero-order chi connectivity index (χ0) is 4.65. The minimum absolute atomic E-state index is 0.417. The molecule has 4 fully saturated rings. The Balaban J connectivity index is 2.17. The van der Waals surface area contributed by atoms with Crippen molar-refractivity contribution in [1.82, 2.24) is 0 Å². The molecule has 4 saturated carbocycles. The standard InChI is InChI=1S/C6H7Cl/c7-6-3-1-2-4(6)5(3)6/h3-5H,1-2H2. The van der Waals surface area contributed by atoms with E-state index in [9.17, 15) is 0 Å². The Hall–Kier alpha value is 0.290. The van der Waals surface area contributed by atoms with Gasteiger partial charge in [-0.1, -0.05) is 0 Å². The van der Waals surface area contributed by atoms with Crippen LogP contribution < -0.4 is 0 Å². The maximum atomic E-state index is 6.08. The second-order valence-electron chi connectivity index (χ2n) is 3.14. The smallest absolute Gasteiger partial charge is 0.0544 e. The predicted octanol–water partition coefficient (Wildman–Crippen LogP) is 1.63.